The van der Waals surface area contributed by atoms with Crippen LogP contribution in [0, 0.1) is 6.92 Å². The summed E-state index contributed by atoms with van der Waals surface area (Å²) in [6, 6.07) is 16.1. The molecule has 0 bridgehead atoms. The second-order valence-corrected chi connectivity index (χ2v) is 8.77. The van der Waals surface area contributed by atoms with Crippen LogP contribution in [-0.2, 0) is 4.74 Å². The highest BCUT2D eigenvalue weighted by Gasteiger charge is 2.41. The second-order valence-electron chi connectivity index (χ2n) is 8.77. The fourth-order valence-electron chi connectivity index (χ4n) is 4.43. The summed E-state index contributed by atoms with van der Waals surface area (Å²) in [5, 5.41) is 3.56. The molecule has 5 heteroatoms. The minimum Gasteiger partial charge on any atom is -0.491 e. The van der Waals surface area contributed by atoms with Gasteiger partial charge in [0, 0.05) is 33.2 Å². The third-order valence-corrected chi connectivity index (χ3v) is 6.09. The Bertz CT molecular complexity index is 880. The van der Waals surface area contributed by atoms with Gasteiger partial charge in [0.15, 0.2) is 0 Å². The molecular formula is C25H34N2O3. The summed E-state index contributed by atoms with van der Waals surface area (Å²) in [7, 11) is 0. The Morgan fingerprint density at radius 3 is 2.60 bits per heavy atom. The van der Waals surface area contributed by atoms with Gasteiger partial charge in [0.25, 0.3) is 5.91 Å². The zero-order valence-electron chi connectivity index (χ0n) is 18.2. The Morgan fingerprint density at radius 1 is 1.20 bits per heavy atom. The van der Waals surface area contributed by atoms with Crippen molar-refractivity contribution < 1.29 is 15.7 Å². The molecule has 1 spiro atoms. The lowest BCUT2D eigenvalue weighted by molar-refractivity contribution is -0.140. The Morgan fingerprint density at radius 2 is 1.93 bits per heavy atom. The molecule has 1 atom stereocenters. The highest BCUT2D eigenvalue weighted by Crippen LogP contribution is 2.35. The number of nitrogens with zero attached hydrogens (tertiary/aromatic N) is 1. The molecule has 2 aliphatic heterocycles. The molecule has 1 N–H and O–H groups in total. The molecule has 0 saturated carbocycles. The number of hydrogen-bond acceptors (Lipinski definition) is 4. The van der Waals surface area contributed by atoms with Crippen molar-refractivity contribution in [1.29, 1.82) is 0 Å². The molecule has 2 saturated heterocycles. The van der Waals surface area contributed by atoms with Crippen molar-refractivity contribution in [1.82, 2.24) is 10.2 Å². The number of likely N-dealkylation sites (tertiary alicyclic amines) is 1. The van der Waals surface area contributed by atoms with E-state index >= 15 is 0 Å². The number of piperidine rings is 1. The first kappa shape index (κ1) is 20.9. The predicted octanol–water partition coefficient (Wildman–Crippen LogP) is 4.36. The van der Waals surface area contributed by atoms with Crippen molar-refractivity contribution >= 4 is 5.91 Å². The zero-order valence-corrected chi connectivity index (χ0v) is 18.2. The Labute approximate surface area is 180 Å². The Kier molecular flexibility index (Phi) is 6.11. The molecule has 2 aromatic carbocycles. The lowest BCUT2D eigenvalue weighted by Gasteiger charge is -2.46. The average Bonchev–Trinajstić information content (AvgIpc) is 2.76. The van der Waals surface area contributed by atoms with Gasteiger partial charge in [-0.2, -0.15) is 0 Å². The normalized spacial score (nSPS) is 21.1. The molecule has 0 aromatic heterocycles. The summed E-state index contributed by atoms with van der Waals surface area (Å²) in [5.41, 5.74) is 2.74. The highest BCUT2D eigenvalue weighted by molar-refractivity contribution is 5.94. The van der Waals surface area contributed by atoms with E-state index in [1.165, 1.54) is 5.56 Å². The van der Waals surface area contributed by atoms with E-state index < -0.39 is 0 Å². The number of morpholine rings is 1. The molecular weight excluding hydrogens is 376 g/mol. The first-order valence-electron chi connectivity index (χ1n) is 11.0. The van der Waals surface area contributed by atoms with E-state index in [4.69, 9.17) is 9.47 Å². The van der Waals surface area contributed by atoms with E-state index in [0.29, 0.717) is 13.1 Å². The summed E-state index contributed by atoms with van der Waals surface area (Å²) >= 11 is 0. The van der Waals surface area contributed by atoms with Crippen LogP contribution in [-0.4, -0.2) is 48.7 Å². The smallest absolute Gasteiger partial charge is 0.253 e. The number of aryl methyl sites for hydroxylation is 1. The summed E-state index contributed by atoms with van der Waals surface area (Å²) in [5.74, 6) is 0.931. The van der Waals surface area contributed by atoms with Gasteiger partial charge >= 0.3 is 0 Å². The minimum absolute atomic E-state index is 0. The van der Waals surface area contributed by atoms with Crippen molar-refractivity contribution in [2.45, 2.75) is 51.4 Å². The summed E-state index contributed by atoms with van der Waals surface area (Å²) in [4.78, 5) is 15.0. The van der Waals surface area contributed by atoms with E-state index in [2.05, 4.69) is 29.6 Å². The van der Waals surface area contributed by atoms with Gasteiger partial charge in [0.05, 0.1) is 17.8 Å². The number of amides is 1. The fraction of sp³-hybridized carbons (Fsp3) is 0.480. The average molecular weight is 411 g/mol. The van der Waals surface area contributed by atoms with Crippen LogP contribution >= 0.6 is 0 Å². The topological polar surface area (TPSA) is 50.8 Å². The number of benzene rings is 2. The number of carbonyl (C=O) groups is 1. The summed E-state index contributed by atoms with van der Waals surface area (Å²) < 4.78 is 12.4. The molecule has 2 heterocycles. The van der Waals surface area contributed by atoms with Crippen molar-refractivity contribution in [3.63, 3.8) is 0 Å². The molecule has 1 amide bonds. The Hall–Kier alpha value is -2.37. The van der Waals surface area contributed by atoms with Crippen LogP contribution in [0.2, 0.25) is 0 Å². The first-order chi connectivity index (χ1) is 14.5. The first-order valence-corrected chi connectivity index (χ1v) is 11.0. The van der Waals surface area contributed by atoms with Gasteiger partial charge in [-0.25, -0.2) is 0 Å². The number of carbonyl (C=O) groups excluding carboxylic acids is 1. The van der Waals surface area contributed by atoms with Gasteiger partial charge < -0.3 is 19.7 Å². The summed E-state index contributed by atoms with van der Waals surface area (Å²) in [6.45, 7) is 9.11. The van der Waals surface area contributed by atoms with Crippen LogP contribution in [0.5, 0.6) is 5.75 Å². The molecule has 0 radical (unpaired) electrons. The third-order valence-electron chi connectivity index (χ3n) is 6.09. The van der Waals surface area contributed by atoms with Crippen LogP contribution < -0.4 is 10.1 Å². The van der Waals surface area contributed by atoms with Gasteiger partial charge in [-0.15, -0.1) is 0 Å². The SMILES string of the molecule is Cc1cc(C(=O)N2CCC3(CC2)CNCC(c2ccccc2)O3)ccc1OC(C)C.[HH]. The number of rotatable bonds is 4. The maximum Gasteiger partial charge on any atom is 0.253 e. The van der Waals surface area contributed by atoms with Gasteiger partial charge in [-0.3, -0.25) is 4.79 Å². The van der Waals surface area contributed by atoms with Crippen molar-refractivity contribution in [3.8, 4) is 5.75 Å². The molecule has 0 aliphatic carbocycles. The highest BCUT2D eigenvalue weighted by atomic mass is 16.5. The third kappa shape index (κ3) is 4.52. The molecule has 2 aliphatic rings. The molecule has 30 heavy (non-hydrogen) atoms. The van der Waals surface area contributed by atoms with Gasteiger partial charge in [-0.1, -0.05) is 30.3 Å². The zero-order chi connectivity index (χ0) is 21.1. The fourth-order valence-corrected chi connectivity index (χ4v) is 4.43. The van der Waals surface area contributed by atoms with Crippen molar-refractivity contribution in [2.75, 3.05) is 26.2 Å². The molecule has 1 unspecified atom stereocenters. The second kappa shape index (κ2) is 8.78. The van der Waals surface area contributed by atoms with Gasteiger partial charge in [0.2, 0.25) is 0 Å². The summed E-state index contributed by atoms with van der Waals surface area (Å²) in [6.07, 6.45) is 1.89. The van der Waals surface area contributed by atoms with E-state index in [9.17, 15) is 4.79 Å². The minimum atomic E-state index is -0.194. The van der Waals surface area contributed by atoms with Crippen LogP contribution in [0.25, 0.3) is 0 Å². The van der Waals surface area contributed by atoms with Crippen LogP contribution in [0.1, 0.15) is 55.7 Å². The van der Waals surface area contributed by atoms with E-state index in [1.54, 1.807) is 0 Å². The number of ether oxygens (including phenoxy) is 2. The largest absolute Gasteiger partial charge is 0.491 e. The van der Waals surface area contributed by atoms with Crippen LogP contribution in [0.4, 0.5) is 0 Å². The molecule has 2 fully saturated rings. The number of hydrogen-bond donors (Lipinski definition) is 1. The quantitative estimate of drug-likeness (QED) is 0.813. The van der Waals surface area contributed by atoms with Crippen molar-refractivity contribution in [2.24, 2.45) is 0 Å². The number of nitrogens with one attached hydrogen (secondary N) is 1. The van der Waals surface area contributed by atoms with Crippen molar-refractivity contribution in [3.05, 3.63) is 65.2 Å². The molecule has 2 aromatic rings. The van der Waals surface area contributed by atoms with E-state index in [0.717, 1.165) is 42.8 Å². The molecule has 4 rings (SSSR count). The Balaban J connectivity index is 0.00000272. The van der Waals surface area contributed by atoms with E-state index in [-0.39, 0.29) is 25.1 Å². The van der Waals surface area contributed by atoms with Crippen LogP contribution in [0.15, 0.2) is 48.5 Å². The maximum absolute atomic E-state index is 13.1. The monoisotopic (exact) mass is 410 g/mol. The molecule has 5 nitrogen and oxygen atoms in total. The maximum atomic E-state index is 13.1. The van der Waals surface area contributed by atoms with Gasteiger partial charge in [-0.05, 0) is 62.9 Å². The standard InChI is InChI=1S/C25H32N2O3.H2/c1-18(2)29-22-10-9-21(15-19(22)3)24(28)27-13-11-25(12-14-27)17-26-16-23(30-25)20-7-5-4-6-8-20;/h4-10,15,18,23,26H,11-14,16-17H2,1-3H3;1H. The predicted molar refractivity (Wildman–Crippen MR) is 120 cm³/mol. The lowest BCUT2D eigenvalue weighted by Crippen LogP contribution is -2.57. The van der Waals surface area contributed by atoms with Gasteiger partial charge in [0.1, 0.15) is 5.75 Å². The molecule has 162 valence electrons. The van der Waals surface area contributed by atoms with E-state index in [1.807, 2.05) is 49.9 Å². The lowest BCUT2D eigenvalue weighted by atomic mass is 9.88. The van der Waals surface area contributed by atoms with Crippen LogP contribution in [0.3, 0.4) is 0 Å².